The number of thiazole rings is 1. The van der Waals surface area contributed by atoms with Crippen LogP contribution in [0.1, 0.15) is 44.4 Å². The molecule has 39 heavy (non-hydrogen) atoms. The molecule has 0 aliphatic carbocycles. The van der Waals surface area contributed by atoms with E-state index in [9.17, 15) is 9.18 Å². The molecule has 0 spiro atoms. The molecule has 3 aromatic carbocycles. The van der Waals surface area contributed by atoms with E-state index in [1.807, 2.05) is 58.0 Å². The Balaban J connectivity index is 1.47. The first-order chi connectivity index (χ1) is 18.7. The molecule has 0 bridgehead atoms. The van der Waals surface area contributed by atoms with Crippen molar-refractivity contribution in [3.8, 4) is 17.2 Å². The summed E-state index contributed by atoms with van der Waals surface area (Å²) in [5.41, 5.74) is 4.49. The van der Waals surface area contributed by atoms with Crippen LogP contribution in [0.2, 0.25) is 0 Å². The average molecular weight is 545 g/mol. The highest BCUT2D eigenvalue weighted by atomic mass is 32.1. The molecule has 5 aromatic rings. The number of ether oxygens (including phenoxy) is 2. The van der Waals surface area contributed by atoms with E-state index >= 15 is 0 Å². The van der Waals surface area contributed by atoms with Crippen LogP contribution in [0.5, 0.6) is 11.5 Å². The van der Waals surface area contributed by atoms with E-state index in [-0.39, 0.29) is 17.8 Å². The lowest BCUT2D eigenvalue weighted by Crippen LogP contribution is -2.39. The van der Waals surface area contributed by atoms with Crippen molar-refractivity contribution in [2.45, 2.75) is 39.8 Å². The van der Waals surface area contributed by atoms with Gasteiger partial charge >= 0.3 is 0 Å². The van der Waals surface area contributed by atoms with Crippen LogP contribution < -0.4 is 14.8 Å². The summed E-state index contributed by atoms with van der Waals surface area (Å²) < 4.78 is 27.3. The summed E-state index contributed by atoms with van der Waals surface area (Å²) in [7, 11) is 1.66. The highest BCUT2D eigenvalue weighted by molar-refractivity contribution is 7.13. The Bertz CT molecular complexity index is 1620. The number of rotatable bonds is 8. The molecule has 0 fully saturated rings. The van der Waals surface area contributed by atoms with Crippen LogP contribution in [0.25, 0.3) is 16.6 Å². The number of methoxy groups -OCH3 is 1. The molecular formula is C30H29FN4O3S. The van der Waals surface area contributed by atoms with Gasteiger partial charge in [-0.05, 0) is 99.0 Å². The summed E-state index contributed by atoms with van der Waals surface area (Å²) in [5.74, 6) is 0.907. The topological polar surface area (TPSA) is 78.3 Å². The minimum absolute atomic E-state index is 0.243. The standard InChI is InChI=1S/C30H29FN4O3S/c1-17-12-21(13-18(2)27(17)37-5)28(20(4)34-29(36)30-32-15-19(3)39-30)38-25-10-11-26-22(14-25)16-33-35(26)24-8-6-23(31)7-9-24/h6-16,20,28H,1-5H3,(H,34,36)/t20-,28-/m0/s1. The molecule has 200 valence electrons. The zero-order valence-electron chi connectivity index (χ0n) is 22.4. The van der Waals surface area contributed by atoms with Crippen LogP contribution in [0, 0.1) is 26.6 Å². The summed E-state index contributed by atoms with van der Waals surface area (Å²) in [6.07, 6.45) is 2.94. The van der Waals surface area contributed by atoms with Crippen molar-refractivity contribution < 1.29 is 18.7 Å². The summed E-state index contributed by atoms with van der Waals surface area (Å²) in [4.78, 5) is 18.1. The van der Waals surface area contributed by atoms with Gasteiger partial charge in [0.05, 0.1) is 30.6 Å². The van der Waals surface area contributed by atoms with Crippen LogP contribution in [-0.2, 0) is 0 Å². The summed E-state index contributed by atoms with van der Waals surface area (Å²) >= 11 is 1.35. The third-order valence-corrected chi connectivity index (χ3v) is 7.43. The minimum atomic E-state index is -0.497. The van der Waals surface area contributed by atoms with Crippen molar-refractivity contribution in [2.75, 3.05) is 7.11 Å². The Labute approximate surface area is 230 Å². The molecule has 2 aromatic heterocycles. The summed E-state index contributed by atoms with van der Waals surface area (Å²) in [6.45, 7) is 7.82. The van der Waals surface area contributed by atoms with Gasteiger partial charge in [0.15, 0.2) is 5.01 Å². The quantitative estimate of drug-likeness (QED) is 0.242. The zero-order chi connectivity index (χ0) is 27.7. The first-order valence-electron chi connectivity index (χ1n) is 12.5. The zero-order valence-corrected chi connectivity index (χ0v) is 23.2. The minimum Gasteiger partial charge on any atom is -0.496 e. The van der Waals surface area contributed by atoms with Gasteiger partial charge in [0, 0.05) is 16.5 Å². The van der Waals surface area contributed by atoms with Crippen LogP contribution in [-0.4, -0.2) is 33.8 Å². The largest absolute Gasteiger partial charge is 0.496 e. The van der Waals surface area contributed by atoms with Gasteiger partial charge in [0.2, 0.25) is 0 Å². The Kier molecular flexibility index (Phi) is 7.34. The van der Waals surface area contributed by atoms with Gasteiger partial charge in [-0.15, -0.1) is 11.3 Å². The number of nitrogens with zero attached hydrogens (tertiary/aromatic N) is 3. The van der Waals surface area contributed by atoms with Crippen molar-refractivity contribution >= 4 is 28.1 Å². The molecule has 1 N–H and O–H groups in total. The van der Waals surface area contributed by atoms with Gasteiger partial charge < -0.3 is 14.8 Å². The monoisotopic (exact) mass is 544 g/mol. The number of fused-ring (bicyclic) bond motifs is 1. The third-order valence-electron chi connectivity index (χ3n) is 6.52. The fourth-order valence-corrected chi connectivity index (χ4v) is 5.42. The molecule has 0 aliphatic rings. The number of carbonyl (C=O) groups is 1. The van der Waals surface area contributed by atoms with Crippen LogP contribution in [0.4, 0.5) is 4.39 Å². The third kappa shape index (κ3) is 5.49. The normalized spacial score (nSPS) is 12.8. The number of aryl methyl sites for hydroxylation is 3. The Morgan fingerprint density at radius 3 is 2.38 bits per heavy atom. The molecule has 1 amide bonds. The number of hydrogen-bond donors (Lipinski definition) is 1. The van der Waals surface area contributed by atoms with Crippen molar-refractivity contribution in [1.29, 1.82) is 0 Å². The maximum absolute atomic E-state index is 13.4. The number of nitrogens with one attached hydrogen (secondary N) is 1. The molecule has 2 heterocycles. The smallest absolute Gasteiger partial charge is 0.280 e. The second kappa shape index (κ2) is 10.9. The van der Waals surface area contributed by atoms with Crippen molar-refractivity contribution in [3.63, 3.8) is 0 Å². The molecule has 0 saturated carbocycles. The lowest BCUT2D eigenvalue weighted by Gasteiger charge is -2.27. The average Bonchev–Trinajstić information content (AvgIpc) is 3.53. The summed E-state index contributed by atoms with van der Waals surface area (Å²) in [5, 5.41) is 8.84. The Morgan fingerprint density at radius 2 is 1.74 bits per heavy atom. The maximum atomic E-state index is 13.4. The lowest BCUT2D eigenvalue weighted by molar-refractivity contribution is 0.0881. The fraction of sp³-hybridized carbons (Fsp3) is 0.233. The maximum Gasteiger partial charge on any atom is 0.280 e. The summed E-state index contributed by atoms with van der Waals surface area (Å²) in [6, 6.07) is 15.6. The number of halogens is 1. The fourth-order valence-electron chi connectivity index (χ4n) is 4.75. The number of carbonyl (C=O) groups excluding carboxylic acids is 1. The number of amides is 1. The first kappa shape index (κ1) is 26.4. The van der Waals surface area contributed by atoms with E-state index in [0.29, 0.717) is 10.8 Å². The van der Waals surface area contributed by atoms with Gasteiger partial charge in [-0.1, -0.05) is 0 Å². The van der Waals surface area contributed by atoms with Crippen LogP contribution in [0.15, 0.2) is 67.0 Å². The van der Waals surface area contributed by atoms with Crippen LogP contribution in [0.3, 0.4) is 0 Å². The lowest BCUT2D eigenvalue weighted by atomic mass is 9.97. The molecule has 0 saturated heterocycles. The Morgan fingerprint density at radius 1 is 1.03 bits per heavy atom. The number of aromatic nitrogens is 3. The van der Waals surface area contributed by atoms with Gasteiger partial charge in [-0.25, -0.2) is 14.1 Å². The van der Waals surface area contributed by atoms with E-state index in [2.05, 4.69) is 15.4 Å². The highest BCUT2D eigenvalue weighted by Gasteiger charge is 2.26. The van der Waals surface area contributed by atoms with Crippen molar-refractivity contribution in [1.82, 2.24) is 20.1 Å². The van der Waals surface area contributed by atoms with Crippen LogP contribution >= 0.6 is 11.3 Å². The van der Waals surface area contributed by atoms with Gasteiger partial charge in [-0.2, -0.15) is 5.10 Å². The molecule has 0 unspecified atom stereocenters. The second-order valence-corrected chi connectivity index (χ2v) is 10.8. The molecule has 5 rings (SSSR count). The Hall–Kier alpha value is -4.24. The SMILES string of the molecule is COc1c(C)cc([C@@H](Oc2ccc3c(cnn3-c3ccc(F)cc3)c2)[C@H](C)NC(=O)c2ncc(C)s2)cc1C. The van der Waals surface area contributed by atoms with Gasteiger partial charge in [0.25, 0.3) is 5.91 Å². The predicted octanol–water partition coefficient (Wildman–Crippen LogP) is 6.49. The molecule has 7 nitrogen and oxygen atoms in total. The van der Waals surface area contributed by atoms with E-state index < -0.39 is 6.10 Å². The van der Waals surface area contributed by atoms with Crippen molar-refractivity contribution in [3.05, 3.63) is 99.4 Å². The predicted molar refractivity (Wildman–Crippen MR) is 151 cm³/mol. The van der Waals surface area contributed by atoms with E-state index in [0.717, 1.165) is 43.9 Å². The molecular weight excluding hydrogens is 515 g/mol. The number of hydrogen-bond acceptors (Lipinski definition) is 6. The molecule has 0 aliphatic heterocycles. The van der Waals surface area contributed by atoms with E-state index in [1.165, 1.54) is 23.5 Å². The molecule has 0 radical (unpaired) electrons. The second-order valence-electron chi connectivity index (χ2n) is 9.52. The molecule has 2 atom stereocenters. The van der Waals surface area contributed by atoms with E-state index in [4.69, 9.17) is 9.47 Å². The van der Waals surface area contributed by atoms with Crippen molar-refractivity contribution in [2.24, 2.45) is 0 Å². The van der Waals surface area contributed by atoms with Gasteiger partial charge in [-0.3, -0.25) is 4.79 Å². The van der Waals surface area contributed by atoms with Gasteiger partial charge in [0.1, 0.15) is 23.4 Å². The molecule has 9 heteroatoms. The highest BCUT2D eigenvalue weighted by Crippen LogP contribution is 2.33. The number of benzene rings is 3. The van der Waals surface area contributed by atoms with E-state index in [1.54, 1.807) is 36.3 Å². The first-order valence-corrected chi connectivity index (χ1v) is 13.3.